The summed E-state index contributed by atoms with van der Waals surface area (Å²) in [6, 6.07) is 4.28. The van der Waals surface area contributed by atoms with Gasteiger partial charge in [0, 0.05) is 19.2 Å². The lowest BCUT2D eigenvalue weighted by Crippen LogP contribution is -2.00. The van der Waals surface area contributed by atoms with Gasteiger partial charge in [-0.2, -0.15) is 5.10 Å². The zero-order valence-corrected chi connectivity index (χ0v) is 11.8. The Morgan fingerprint density at radius 1 is 1.50 bits per heavy atom. The molecule has 1 aromatic heterocycles. The van der Waals surface area contributed by atoms with E-state index in [4.69, 9.17) is 22.1 Å². The zero-order valence-electron chi connectivity index (χ0n) is 11.1. The van der Waals surface area contributed by atoms with E-state index in [2.05, 4.69) is 5.10 Å². The van der Waals surface area contributed by atoms with Gasteiger partial charge in [-0.1, -0.05) is 11.6 Å². The Kier molecular flexibility index (Phi) is 3.40. The summed E-state index contributed by atoms with van der Waals surface area (Å²) in [6.45, 7) is 0.720. The molecule has 0 spiro atoms. The van der Waals surface area contributed by atoms with Gasteiger partial charge in [0.2, 0.25) is 0 Å². The van der Waals surface area contributed by atoms with Crippen LogP contribution in [0.2, 0.25) is 5.02 Å². The highest BCUT2D eigenvalue weighted by atomic mass is 35.5. The monoisotopic (exact) mass is 295 g/mol. The Balaban J connectivity index is 2.16. The van der Waals surface area contributed by atoms with E-state index in [1.165, 1.54) is 12.1 Å². The second-order valence-electron chi connectivity index (χ2n) is 4.89. The second-order valence-corrected chi connectivity index (χ2v) is 5.30. The van der Waals surface area contributed by atoms with E-state index in [9.17, 15) is 4.39 Å². The molecule has 2 heterocycles. The van der Waals surface area contributed by atoms with Crippen molar-refractivity contribution in [2.45, 2.75) is 18.9 Å². The maximum atomic E-state index is 13.2. The van der Waals surface area contributed by atoms with Crippen LogP contribution in [0.4, 0.5) is 10.2 Å². The minimum atomic E-state index is -0.375. The van der Waals surface area contributed by atoms with E-state index in [1.54, 1.807) is 17.8 Å². The van der Waals surface area contributed by atoms with Crippen LogP contribution >= 0.6 is 11.6 Å². The lowest BCUT2D eigenvalue weighted by molar-refractivity contribution is 0.108. The minimum absolute atomic E-state index is 0.0744. The molecule has 6 heteroatoms. The van der Waals surface area contributed by atoms with Gasteiger partial charge in [0.05, 0.1) is 10.6 Å². The molecule has 0 bridgehead atoms. The summed E-state index contributed by atoms with van der Waals surface area (Å²) >= 11 is 6.15. The van der Waals surface area contributed by atoms with Crippen molar-refractivity contribution >= 4 is 17.4 Å². The Bertz CT molecular complexity index is 650. The van der Waals surface area contributed by atoms with Gasteiger partial charge in [-0.05, 0) is 31.0 Å². The second kappa shape index (κ2) is 5.07. The van der Waals surface area contributed by atoms with E-state index in [0.717, 1.165) is 30.7 Å². The van der Waals surface area contributed by atoms with Crippen molar-refractivity contribution in [1.82, 2.24) is 9.78 Å². The maximum Gasteiger partial charge on any atom is 0.129 e. The Morgan fingerprint density at radius 2 is 2.30 bits per heavy atom. The molecular weight excluding hydrogens is 281 g/mol. The first-order chi connectivity index (χ1) is 9.58. The first-order valence-electron chi connectivity index (χ1n) is 6.47. The number of nitrogens with zero attached hydrogens (tertiary/aromatic N) is 2. The highest BCUT2D eigenvalue weighted by Crippen LogP contribution is 2.40. The van der Waals surface area contributed by atoms with E-state index >= 15 is 0 Å². The number of benzene rings is 1. The van der Waals surface area contributed by atoms with Gasteiger partial charge in [-0.25, -0.2) is 4.39 Å². The largest absolute Gasteiger partial charge is 0.383 e. The van der Waals surface area contributed by atoms with Crippen LogP contribution in [0.5, 0.6) is 0 Å². The summed E-state index contributed by atoms with van der Waals surface area (Å²) in [5, 5.41) is 4.77. The average Bonchev–Trinajstić information content (AvgIpc) is 3.01. The highest BCUT2D eigenvalue weighted by Gasteiger charge is 2.27. The number of aromatic nitrogens is 2. The molecule has 1 atom stereocenters. The van der Waals surface area contributed by atoms with Crippen LogP contribution in [0.3, 0.4) is 0 Å². The van der Waals surface area contributed by atoms with E-state index < -0.39 is 0 Å². The number of nitrogen functional groups attached to an aromatic ring is 1. The lowest BCUT2D eigenvalue weighted by atomic mass is 10.0. The zero-order chi connectivity index (χ0) is 14.3. The number of aryl methyl sites for hydroxylation is 1. The van der Waals surface area contributed by atoms with Gasteiger partial charge < -0.3 is 10.5 Å². The van der Waals surface area contributed by atoms with Crippen LogP contribution in [0, 0.1) is 5.82 Å². The van der Waals surface area contributed by atoms with Gasteiger partial charge in [0.25, 0.3) is 0 Å². The van der Waals surface area contributed by atoms with Gasteiger partial charge in [-0.15, -0.1) is 0 Å². The Morgan fingerprint density at radius 3 is 2.95 bits per heavy atom. The molecule has 106 valence electrons. The van der Waals surface area contributed by atoms with Gasteiger partial charge in [0.15, 0.2) is 0 Å². The molecule has 1 unspecified atom stereocenters. The molecule has 4 nitrogen and oxygen atoms in total. The fourth-order valence-corrected chi connectivity index (χ4v) is 2.81. The molecule has 20 heavy (non-hydrogen) atoms. The van der Waals surface area contributed by atoms with Crippen LogP contribution in [0.15, 0.2) is 18.2 Å². The number of rotatable bonds is 2. The van der Waals surface area contributed by atoms with Crippen LogP contribution in [0.25, 0.3) is 11.1 Å². The molecule has 1 fully saturated rings. The average molecular weight is 296 g/mol. The number of hydrogen-bond acceptors (Lipinski definition) is 3. The summed E-state index contributed by atoms with van der Waals surface area (Å²) < 4.78 is 20.5. The number of ether oxygens (including phenoxy) is 1. The number of halogens is 2. The highest BCUT2D eigenvalue weighted by molar-refractivity contribution is 6.33. The van der Waals surface area contributed by atoms with Crippen molar-refractivity contribution in [3.63, 3.8) is 0 Å². The number of nitrogens with two attached hydrogens (primary N) is 1. The van der Waals surface area contributed by atoms with Crippen molar-refractivity contribution in [2.75, 3.05) is 12.3 Å². The summed E-state index contributed by atoms with van der Waals surface area (Å²) in [4.78, 5) is 0. The van der Waals surface area contributed by atoms with Crippen molar-refractivity contribution in [3.8, 4) is 11.1 Å². The van der Waals surface area contributed by atoms with Crippen LogP contribution < -0.4 is 5.73 Å². The standard InChI is InChI=1S/C14H15ClFN3O/c1-19-14(17)12(9-5-4-8(16)7-10(9)15)13(18-19)11-3-2-6-20-11/h4-5,7,11H,2-3,6,17H2,1H3. The predicted molar refractivity (Wildman–Crippen MR) is 76.0 cm³/mol. The molecule has 0 saturated carbocycles. The van der Waals surface area contributed by atoms with E-state index in [-0.39, 0.29) is 11.9 Å². The van der Waals surface area contributed by atoms with Crippen molar-refractivity contribution in [3.05, 3.63) is 34.7 Å². The molecular formula is C14H15ClFN3O. The maximum absolute atomic E-state index is 13.2. The molecule has 0 radical (unpaired) electrons. The van der Waals surface area contributed by atoms with Crippen molar-refractivity contribution < 1.29 is 9.13 Å². The molecule has 1 saturated heterocycles. The normalized spacial score (nSPS) is 18.6. The van der Waals surface area contributed by atoms with Crippen LogP contribution in [0.1, 0.15) is 24.6 Å². The fourth-order valence-electron chi connectivity index (χ4n) is 2.55. The van der Waals surface area contributed by atoms with Gasteiger partial charge in [-0.3, -0.25) is 4.68 Å². The molecule has 1 aliphatic heterocycles. The summed E-state index contributed by atoms with van der Waals surface area (Å²) in [7, 11) is 1.77. The number of hydrogen-bond donors (Lipinski definition) is 1. The van der Waals surface area contributed by atoms with Crippen molar-refractivity contribution in [2.24, 2.45) is 7.05 Å². The van der Waals surface area contributed by atoms with Gasteiger partial charge >= 0.3 is 0 Å². The fraction of sp³-hybridized carbons (Fsp3) is 0.357. The topological polar surface area (TPSA) is 53.1 Å². The van der Waals surface area contributed by atoms with Crippen LogP contribution in [-0.2, 0) is 11.8 Å². The molecule has 0 amide bonds. The first-order valence-corrected chi connectivity index (χ1v) is 6.85. The lowest BCUT2D eigenvalue weighted by Gasteiger charge is -2.11. The molecule has 0 aliphatic carbocycles. The van der Waals surface area contributed by atoms with E-state index in [1.807, 2.05) is 0 Å². The molecule has 2 N–H and O–H groups in total. The van der Waals surface area contributed by atoms with E-state index in [0.29, 0.717) is 16.4 Å². The van der Waals surface area contributed by atoms with Crippen molar-refractivity contribution in [1.29, 1.82) is 0 Å². The molecule has 2 aromatic rings. The number of anilines is 1. The Labute approximate surface area is 121 Å². The SMILES string of the molecule is Cn1nc(C2CCCO2)c(-c2ccc(F)cc2Cl)c1N. The van der Waals surface area contributed by atoms with Gasteiger partial charge in [0.1, 0.15) is 23.4 Å². The molecule has 1 aromatic carbocycles. The quantitative estimate of drug-likeness (QED) is 0.925. The van der Waals surface area contributed by atoms with Crippen LogP contribution in [-0.4, -0.2) is 16.4 Å². The summed E-state index contributed by atoms with van der Waals surface area (Å²) in [5.41, 5.74) is 8.30. The third-order valence-electron chi connectivity index (χ3n) is 3.55. The minimum Gasteiger partial charge on any atom is -0.383 e. The Hall–Kier alpha value is -1.59. The summed E-state index contributed by atoms with van der Waals surface area (Å²) in [5.74, 6) is 0.129. The molecule has 3 rings (SSSR count). The predicted octanol–water partition coefficient (Wildman–Crippen LogP) is 3.31. The summed E-state index contributed by atoms with van der Waals surface area (Å²) in [6.07, 6.45) is 1.83. The molecule has 1 aliphatic rings. The first kappa shape index (κ1) is 13.4. The third kappa shape index (κ3) is 2.17. The third-order valence-corrected chi connectivity index (χ3v) is 3.87. The smallest absolute Gasteiger partial charge is 0.129 e.